The Balaban J connectivity index is 1.54. The van der Waals surface area contributed by atoms with E-state index < -0.39 is 23.6 Å². The van der Waals surface area contributed by atoms with Crippen molar-refractivity contribution in [3.63, 3.8) is 0 Å². The van der Waals surface area contributed by atoms with Gasteiger partial charge in [-0.15, -0.1) is 11.3 Å². The van der Waals surface area contributed by atoms with E-state index in [1.807, 2.05) is 0 Å². The smallest absolute Gasteiger partial charge is 0.320 e. The van der Waals surface area contributed by atoms with Crippen molar-refractivity contribution in [2.24, 2.45) is 0 Å². The van der Waals surface area contributed by atoms with Crippen molar-refractivity contribution in [3.8, 4) is 10.6 Å². The van der Waals surface area contributed by atoms with Gasteiger partial charge in [0.05, 0.1) is 21.3 Å². The molecule has 3 aromatic heterocycles. The first-order valence-electron chi connectivity index (χ1n) is 10.5. The number of carbonyl (C=O) groups is 2. The molecule has 0 aliphatic heterocycles. The van der Waals surface area contributed by atoms with Crippen LogP contribution in [0.25, 0.3) is 16.2 Å². The summed E-state index contributed by atoms with van der Waals surface area (Å²) in [5.41, 5.74) is -0.912. The monoisotopic (exact) mass is 604 g/mol. The average Bonchev–Trinajstić information content (AvgIpc) is 3.54. The quantitative estimate of drug-likeness (QED) is 0.212. The molecule has 5 aromatic rings. The Morgan fingerprint density at radius 2 is 1.78 bits per heavy atom. The molecule has 0 bridgehead atoms. The molecular formula is C25H13BrClF3N4O2S. The van der Waals surface area contributed by atoms with E-state index in [9.17, 15) is 22.8 Å². The minimum absolute atomic E-state index is 0.113. The van der Waals surface area contributed by atoms with Crippen molar-refractivity contribution in [2.45, 2.75) is 6.18 Å². The van der Waals surface area contributed by atoms with E-state index in [1.165, 1.54) is 23.5 Å². The zero-order chi connectivity index (χ0) is 26.3. The number of nitrogens with zero attached hydrogens (tertiary/aromatic N) is 3. The number of nitrogens with one attached hydrogen (secondary N) is 1. The lowest BCUT2D eigenvalue weighted by molar-refractivity contribution is -0.142. The molecule has 0 radical (unpaired) electrons. The highest BCUT2D eigenvalue weighted by atomic mass is 79.9. The van der Waals surface area contributed by atoms with Gasteiger partial charge in [0.25, 0.3) is 5.91 Å². The molecule has 0 atom stereocenters. The van der Waals surface area contributed by atoms with Gasteiger partial charge in [-0.05, 0) is 47.8 Å². The van der Waals surface area contributed by atoms with E-state index in [2.05, 4.69) is 31.3 Å². The third-order valence-electron chi connectivity index (χ3n) is 5.32. The van der Waals surface area contributed by atoms with Crippen LogP contribution in [0.2, 0.25) is 5.02 Å². The van der Waals surface area contributed by atoms with Crippen LogP contribution in [-0.2, 0) is 6.18 Å². The number of hydrogen-bond acceptors (Lipinski definition) is 5. The number of fused-ring (bicyclic) bond motifs is 1. The van der Waals surface area contributed by atoms with Gasteiger partial charge in [-0.25, -0.2) is 9.50 Å². The summed E-state index contributed by atoms with van der Waals surface area (Å²) in [4.78, 5) is 31.1. The van der Waals surface area contributed by atoms with Gasteiger partial charge in [0.15, 0.2) is 22.8 Å². The van der Waals surface area contributed by atoms with E-state index >= 15 is 0 Å². The first-order chi connectivity index (χ1) is 17.6. The van der Waals surface area contributed by atoms with E-state index in [4.69, 9.17) is 11.6 Å². The number of hydrogen-bond donors (Lipinski definition) is 1. The van der Waals surface area contributed by atoms with Crippen LogP contribution in [0.4, 0.5) is 18.9 Å². The largest absolute Gasteiger partial charge is 0.433 e. The van der Waals surface area contributed by atoms with Crippen LogP contribution in [0.15, 0.2) is 76.6 Å². The summed E-state index contributed by atoms with van der Waals surface area (Å²) in [6.45, 7) is 0. The van der Waals surface area contributed by atoms with E-state index in [-0.39, 0.29) is 38.9 Å². The summed E-state index contributed by atoms with van der Waals surface area (Å²) in [7, 11) is 0. The fourth-order valence-corrected chi connectivity index (χ4v) is 4.90. The number of anilines is 1. The average molecular weight is 606 g/mol. The SMILES string of the molecule is O=C(Nc1ccc(Br)cc1C(=O)c1ccccc1Cl)c1cc2nc(-c3cccs3)cc(C(F)(F)F)n2n1. The van der Waals surface area contributed by atoms with Gasteiger partial charge < -0.3 is 5.32 Å². The number of halogens is 5. The van der Waals surface area contributed by atoms with Crippen LogP contribution in [0.1, 0.15) is 32.1 Å². The summed E-state index contributed by atoms with van der Waals surface area (Å²) in [5.74, 6) is -1.26. The lowest BCUT2D eigenvalue weighted by Gasteiger charge is -2.11. The van der Waals surface area contributed by atoms with E-state index in [0.29, 0.717) is 13.9 Å². The van der Waals surface area contributed by atoms with Crippen molar-refractivity contribution in [3.05, 3.63) is 104 Å². The maximum Gasteiger partial charge on any atom is 0.433 e. The van der Waals surface area contributed by atoms with Crippen LogP contribution >= 0.6 is 38.9 Å². The molecule has 0 fully saturated rings. The molecule has 186 valence electrons. The molecular weight excluding hydrogens is 593 g/mol. The highest BCUT2D eigenvalue weighted by molar-refractivity contribution is 9.10. The summed E-state index contributed by atoms with van der Waals surface area (Å²) >= 11 is 10.7. The Morgan fingerprint density at radius 3 is 2.49 bits per heavy atom. The van der Waals surface area contributed by atoms with Gasteiger partial charge in [0.2, 0.25) is 0 Å². The predicted molar refractivity (Wildman–Crippen MR) is 138 cm³/mol. The second-order valence-electron chi connectivity index (χ2n) is 7.75. The minimum Gasteiger partial charge on any atom is -0.320 e. The standard InChI is InChI=1S/C25H13BrClF3N4O2S/c26-13-7-8-17(15(10-13)23(35)14-4-1-2-5-16(14)27)32-24(36)19-12-22-31-18(20-6-3-9-37-20)11-21(25(28,29)30)34(22)33-19/h1-12H,(H,32,36). The first kappa shape index (κ1) is 25.1. The lowest BCUT2D eigenvalue weighted by atomic mass is 10.0. The van der Waals surface area contributed by atoms with Crippen molar-refractivity contribution < 1.29 is 22.8 Å². The first-order valence-corrected chi connectivity index (χ1v) is 12.6. The Labute approximate surface area is 224 Å². The topological polar surface area (TPSA) is 76.4 Å². The highest BCUT2D eigenvalue weighted by Crippen LogP contribution is 2.34. The molecule has 1 N–H and O–H groups in total. The van der Waals surface area contributed by atoms with E-state index in [1.54, 1.807) is 47.8 Å². The molecule has 0 saturated heterocycles. The van der Waals surface area contributed by atoms with Crippen molar-refractivity contribution in [1.29, 1.82) is 0 Å². The van der Waals surface area contributed by atoms with Crippen LogP contribution in [0.5, 0.6) is 0 Å². The van der Waals surface area contributed by atoms with Gasteiger partial charge >= 0.3 is 6.18 Å². The summed E-state index contributed by atoms with van der Waals surface area (Å²) in [5, 5.41) is 8.41. The van der Waals surface area contributed by atoms with Gasteiger partial charge in [-0.1, -0.05) is 45.7 Å². The van der Waals surface area contributed by atoms with Crippen LogP contribution in [-0.4, -0.2) is 26.3 Å². The third-order valence-corrected chi connectivity index (χ3v) is 7.03. The molecule has 0 spiro atoms. The number of carbonyl (C=O) groups excluding carboxylic acids is 2. The van der Waals surface area contributed by atoms with E-state index in [0.717, 1.165) is 12.1 Å². The highest BCUT2D eigenvalue weighted by Gasteiger charge is 2.36. The molecule has 0 aliphatic carbocycles. The Morgan fingerprint density at radius 1 is 1.00 bits per heavy atom. The fourth-order valence-electron chi connectivity index (χ4n) is 3.63. The summed E-state index contributed by atoms with van der Waals surface area (Å²) < 4.78 is 42.7. The number of ketones is 1. The van der Waals surface area contributed by atoms with Crippen molar-refractivity contribution in [2.75, 3.05) is 5.32 Å². The number of benzene rings is 2. The predicted octanol–water partition coefficient (Wildman–Crippen LogP) is 7.38. The molecule has 12 heteroatoms. The van der Waals surface area contributed by atoms with Gasteiger partial charge in [-0.3, -0.25) is 9.59 Å². The normalized spacial score (nSPS) is 11.6. The molecule has 0 aliphatic rings. The number of rotatable bonds is 5. The maximum atomic E-state index is 13.8. The van der Waals surface area contributed by atoms with Crippen LogP contribution in [0, 0.1) is 0 Å². The molecule has 0 saturated carbocycles. The molecule has 0 unspecified atom stereocenters. The maximum absolute atomic E-state index is 13.8. The Hall–Kier alpha value is -3.54. The van der Waals surface area contributed by atoms with Crippen molar-refractivity contribution in [1.82, 2.24) is 14.6 Å². The second kappa shape index (κ2) is 9.73. The van der Waals surface area contributed by atoms with Crippen LogP contribution in [0.3, 0.4) is 0 Å². The van der Waals surface area contributed by atoms with Gasteiger partial charge in [-0.2, -0.15) is 18.3 Å². The summed E-state index contributed by atoms with van der Waals surface area (Å²) in [6, 6.07) is 16.5. The molecule has 2 aromatic carbocycles. The second-order valence-corrected chi connectivity index (χ2v) is 10.0. The van der Waals surface area contributed by atoms with Gasteiger partial charge in [0, 0.05) is 21.7 Å². The Kier molecular flexibility index (Phi) is 6.61. The summed E-state index contributed by atoms with van der Waals surface area (Å²) in [6.07, 6.45) is -4.74. The molecule has 5 rings (SSSR count). The van der Waals surface area contributed by atoms with Crippen molar-refractivity contribution >= 4 is 61.9 Å². The molecule has 3 heterocycles. The lowest BCUT2D eigenvalue weighted by Crippen LogP contribution is -2.17. The Bertz CT molecular complexity index is 1670. The number of aromatic nitrogens is 3. The van der Waals surface area contributed by atoms with Crippen LogP contribution < -0.4 is 5.32 Å². The number of thiophene rings is 1. The number of alkyl halides is 3. The molecule has 37 heavy (non-hydrogen) atoms. The van der Waals surface area contributed by atoms with Gasteiger partial charge in [0.1, 0.15) is 0 Å². The zero-order valence-corrected chi connectivity index (χ0v) is 21.5. The number of amides is 1. The molecule has 1 amide bonds. The fraction of sp³-hybridized carbons (Fsp3) is 0.0400. The third kappa shape index (κ3) is 5.02. The minimum atomic E-state index is -4.74. The zero-order valence-electron chi connectivity index (χ0n) is 18.4. The molecule has 6 nitrogen and oxygen atoms in total.